The molecule has 1 fully saturated rings. The fraction of sp³-hybridized carbons (Fsp3) is 0.407. The van der Waals surface area contributed by atoms with E-state index in [1.165, 1.54) is 12.0 Å². The molecule has 5 rings (SSSR count). The van der Waals surface area contributed by atoms with Crippen LogP contribution in [-0.2, 0) is 17.8 Å². The molecule has 0 unspecified atom stereocenters. The van der Waals surface area contributed by atoms with Gasteiger partial charge in [0.2, 0.25) is 11.6 Å². The Morgan fingerprint density at radius 1 is 0.939 bits per heavy atom. The number of carbonyl (C=O) groups excluding carboxylic acids is 1. The van der Waals surface area contributed by atoms with Gasteiger partial charge in [-0.2, -0.15) is 4.57 Å². The molecule has 0 spiro atoms. The van der Waals surface area contributed by atoms with E-state index in [9.17, 15) is 4.79 Å². The molecule has 1 aliphatic carbocycles. The zero-order valence-electron chi connectivity index (χ0n) is 19.6. The van der Waals surface area contributed by atoms with E-state index in [0.29, 0.717) is 5.75 Å². The summed E-state index contributed by atoms with van der Waals surface area (Å²) in [6, 6.07) is 10.3. The van der Waals surface area contributed by atoms with Crippen LogP contribution in [0.4, 0.5) is 5.69 Å². The highest BCUT2D eigenvalue weighted by molar-refractivity contribution is 6.05. The average Bonchev–Trinajstić information content (AvgIpc) is 2.87. The number of nitrogens with one attached hydrogen (secondary N) is 1. The molecular formula is C27H31N2O4+. The number of anilines is 1. The smallest absolute Gasteiger partial charge is 0.227 e. The van der Waals surface area contributed by atoms with Gasteiger partial charge in [-0.15, -0.1) is 0 Å². The standard InChI is InChI=1S/C27H30N2O4/c1-31-23-10-9-18-13-22-20-15-25(33-3)24(32-2)14-19(20)11-12-29(22)16-21(18)26(23)28-27(30)17-7-5-4-6-8-17/h9-10,13-17H,4-8,11-12H2,1-3H3/p+1. The van der Waals surface area contributed by atoms with Crippen LogP contribution < -0.4 is 24.1 Å². The van der Waals surface area contributed by atoms with Gasteiger partial charge in [0.25, 0.3) is 0 Å². The number of hydrogen-bond acceptors (Lipinski definition) is 4. The molecule has 1 amide bonds. The maximum absolute atomic E-state index is 13.1. The molecular weight excluding hydrogens is 416 g/mol. The van der Waals surface area contributed by atoms with Gasteiger partial charge >= 0.3 is 0 Å². The molecule has 0 atom stereocenters. The van der Waals surface area contributed by atoms with Crippen LogP contribution in [0.1, 0.15) is 37.7 Å². The Morgan fingerprint density at radius 3 is 2.39 bits per heavy atom. The highest BCUT2D eigenvalue weighted by atomic mass is 16.5. The third-order valence-electron chi connectivity index (χ3n) is 7.08. The summed E-state index contributed by atoms with van der Waals surface area (Å²) in [5, 5.41) is 5.27. The zero-order chi connectivity index (χ0) is 22.9. The van der Waals surface area contributed by atoms with Crippen LogP contribution in [0.25, 0.3) is 22.0 Å². The van der Waals surface area contributed by atoms with Crippen LogP contribution >= 0.6 is 0 Å². The summed E-state index contributed by atoms with van der Waals surface area (Å²) in [4.78, 5) is 13.1. The first kappa shape index (κ1) is 21.6. The molecule has 0 radical (unpaired) electrons. The number of ether oxygens (including phenoxy) is 3. The Hall–Kier alpha value is -3.28. The molecule has 33 heavy (non-hydrogen) atoms. The second-order valence-electron chi connectivity index (χ2n) is 8.94. The molecule has 6 nitrogen and oxygen atoms in total. The molecule has 2 aromatic carbocycles. The molecule has 1 aromatic heterocycles. The van der Waals surface area contributed by atoms with Crippen molar-refractivity contribution in [3.63, 3.8) is 0 Å². The van der Waals surface area contributed by atoms with Gasteiger partial charge in [0.05, 0.1) is 38.0 Å². The SMILES string of the molecule is COc1cc2c(cc1OC)-c1cc3ccc(OC)c(NC(=O)C4CCCCC4)c3c[n+]1CC2. The molecule has 3 aromatic rings. The van der Waals surface area contributed by atoms with Crippen molar-refractivity contribution in [3.8, 4) is 28.5 Å². The fourth-order valence-electron chi connectivity index (χ4n) is 5.25. The second kappa shape index (κ2) is 8.93. The number of fused-ring (bicyclic) bond motifs is 4. The van der Waals surface area contributed by atoms with Crippen molar-refractivity contribution < 1.29 is 23.6 Å². The summed E-state index contributed by atoms with van der Waals surface area (Å²) in [7, 11) is 4.98. The van der Waals surface area contributed by atoms with Crippen molar-refractivity contribution >= 4 is 22.4 Å². The van der Waals surface area contributed by atoms with E-state index in [1.54, 1.807) is 21.3 Å². The van der Waals surface area contributed by atoms with Crippen LogP contribution in [0.5, 0.6) is 17.2 Å². The maximum atomic E-state index is 13.1. The minimum atomic E-state index is 0.0818. The number of methoxy groups -OCH3 is 3. The largest absolute Gasteiger partial charge is 0.495 e. The van der Waals surface area contributed by atoms with Crippen molar-refractivity contribution in [3.05, 3.63) is 42.1 Å². The summed E-state index contributed by atoms with van der Waals surface area (Å²) >= 11 is 0. The summed E-state index contributed by atoms with van der Waals surface area (Å²) < 4.78 is 19.0. The monoisotopic (exact) mass is 447 g/mol. The van der Waals surface area contributed by atoms with Gasteiger partial charge in [0.15, 0.2) is 24.2 Å². The van der Waals surface area contributed by atoms with Gasteiger partial charge in [0, 0.05) is 18.4 Å². The number of aryl methyl sites for hydroxylation is 2. The molecule has 0 saturated heterocycles. The van der Waals surface area contributed by atoms with Crippen molar-refractivity contribution in [2.45, 2.75) is 45.1 Å². The zero-order valence-corrected chi connectivity index (χ0v) is 19.6. The summed E-state index contributed by atoms with van der Waals surface area (Å²) in [5.41, 5.74) is 4.27. The number of hydrogen-bond donors (Lipinski definition) is 1. The molecule has 2 aliphatic rings. The quantitative estimate of drug-likeness (QED) is 0.566. The second-order valence-corrected chi connectivity index (χ2v) is 8.94. The van der Waals surface area contributed by atoms with E-state index < -0.39 is 0 Å². The number of rotatable bonds is 5. The fourth-order valence-corrected chi connectivity index (χ4v) is 5.25. The lowest BCUT2D eigenvalue weighted by molar-refractivity contribution is -0.686. The van der Waals surface area contributed by atoms with E-state index in [2.05, 4.69) is 40.3 Å². The first-order valence-corrected chi connectivity index (χ1v) is 11.7. The lowest BCUT2D eigenvalue weighted by atomic mass is 9.88. The Bertz CT molecular complexity index is 1210. The molecule has 0 bridgehead atoms. The van der Waals surface area contributed by atoms with Crippen LogP contribution in [-0.4, -0.2) is 27.2 Å². The topological polar surface area (TPSA) is 60.7 Å². The lowest BCUT2D eigenvalue weighted by Crippen LogP contribution is -2.40. The first-order valence-electron chi connectivity index (χ1n) is 11.7. The highest BCUT2D eigenvalue weighted by Crippen LogP contribution is 2.39. The Kier molecular flexibility index (Phi) is 5.83. The lowest BCUT2D eigenvalue weighted by Gasteiger charge is -2.22. The van der Waals surface area contributed by atoms with E-state index in [0.717, 1.165) is 77.9 Å². The minimum Gasteiger partial charge on any atom is -0.495 e. The van der Waals surface area contributed by atoms with Crippen molar-refractivity contribution in [1.82, 2.24) is 0 Å². The van der Waals surface area contributed by atoms with Crippen molar-refractivity contribution in [2.75, 3.05) is 26.6 Å². The summed E-state index contributed by atoms with van der Waals surface area (Å²) in [6.45, 7) is 0.848. The molecule has 6 heteroatoms. The number of carbonyl (C=O) groups is 1. The van der Waals surface area contributed by atoms with E-state index in [-0.39, 0.29) is 11.8 Å². The Balaban J connectivity index is 1.59. The third-order valence-corrected chi connectivity index (χ3v) is 7.08. The third kappa shape index (κ3) is 3.88. The molecule has 1 saturated carbocycles. The van der Waals surface area contributed by atoms with Gasteiger partial charge in [-0.05, 0) is 42.0 Å². The van der Waals surface area contributed by atoms with Gasteiger partial charge in [-0.1, -0.05) is 25.3 Å². The molecule has 1 aliphatic heterocycles. The predicted molar refractivity (Wildman–Crippen MR) is 128 cm³/mol. The van der Waals surface area contributed by atoms with Gasteiger partial charge < -0.3 is 19.5 Å². The van der Waals surface area contributed by atoms with Gasteiger partial charge in [-0.3, -0.25) is 4.79 Å². The maximum Gasteiger partial charge on any atom is 0.227 e. The van der Waals surface area contributed by atoms with Crippen LogP contribution in [0.15, 0.2) is 36.5 Å². The Morgan fingerprint density at radius 2 is 1.67 bits per heavy atom. The normalized spacial score (nSPS) is 15.5. The van der Waals surface area contributed by atoms with E-state index >= 15 is 0 Å². The van der Waals surface area contributed by atoms with Crippen LogP contribution in [0.2, 0.25) is 0 Å². The first-order chi connectivity index (χ1) is 16.1. The van der Waals surface area contributed by atoms with Crippen molar-refractivity contribution in [2.24, 2.45) is 5.92 Å². The average molecular weight is 448 g/mol. The van der Waals surface area contributed by atoms with Crippen LogP contribution in [0, 0.1) is 5.92 Å². The van der Waals surface area contributed by atoms with Gasteiger partial charge in [0.1, 0.15) is 5.75 Å². The predicted octanol–water partition coefficient (Wildman–Crippen LogP) is 4.90. The number of amides is 1. The van der Waals surface area contributed by atoms with E-state index in [4.69, 9.17) is 14.2 Å². The van der Waals surface area contributed by atoms with E-state index in [1.807, 2.05) is 6.07 Å². The minimum absolute atomic E-state index is 0.0818. The van der Waals surface area contributed by atoms with Crippen LogP contribution in [0.3, 0.4) is 0 Å². The highest BCUT2D eigenvalue weighted by Gasteiger charge is 2.28. The molecule has 1 N–H and O–H groups in total. The van der Waals surface area contributed by atoms with Gasteiger partial charge in [-0.25, -0.2) is 0 Å². The Labute approximate surface area is 194 Å². The number of aromatic nitrogens is 1. The number of nitrogens with zero attached hydrogens (tertiary/aromatic N) is 1. The molecule has 2 heterocycles. The molecule has 172 valence electrons. The van der Waals surface area contributed by atoms with Crippen molar-refractivity contribution in [1.29, 1.82) is 0 Å². The summed E-state index contributed by atoms with van der Waals surface area (Å²) in [6.07, 6.45) is 8.44. The number of benzene rings is 2. The number of pyridine rings is 1. The summed E-state index contributed by atoms with van der Waals surface area (Å²) in [5.74, 6) is 2.35.